The number of ether oxygens (including phenoxy) is 1. The maximum absolute atomic E-state index is 13.3. The summed E-state index contributed by atoms with van der Waals surface area (Å²) in [7, 11) is 0. The van der Waals surface area contributed by atoms with E-state index in [4.69, 9.17) is 9.94 Å². The molecule has 2 aromatic rings. The van der Waals surface area contributed by atoms with Crippen molar-refractivity contribution in [1.29, 1.82) is 0 Å². The molecule has 2 unspecified atom stereocenters. The van der Waals surface area contributed by atoms with Crippen molar-refractivity contribution in [2.75, 3.05) is 11.9 Å². The lowest BCUT2D eigenvalue weighted by molar-refractivity contribution is -0.164. The molecule has 1 saturated heterocycles. The fraction of sp³-hybridized carbons (Fsp3) is 0.385. The van der Waals surface area contributed by atoms with Crippen LogP contribution in [0.2, 0.25) is 0 Å². The van der Waals surface area contributed by atoms with Crippen LogP contribution in [0.5, 0.6) is 0 Å². The molecule has 0 bridgehead atoms. The van der Waals surface area contributed by atoms with Gasteiger partial charge in [0.1, 0.15) is 11.6 Å². The first-order chi connectivity index (χ1) is 16.6. The first kappa shape index (κ1) is 25.7. The van der Waals surface area contributed by atoms with Crippen molar-refractivity contribution in [3.63, 3.8) is 0 Å². The van der Waals surface area contributed by atoms with Crippen LogP contribution in [-0.4, -0.2) is 51.9 Å². The normalized spacial score (nSPS) is 18.2. The Bertz CT molecular complexity index is 1090. The number of oxime groups is 1. The van der Waals surface area contributed by atoms with Gasteiger partial charge in [0.05, 0.1) is 18.3 Å². The zero-order valence-electron chi connectivity index (χ0n) is 20.4. The van der Waals surface area contributed by atoms with Crippen LogP contribution in [0.4, 0.5) is 10.5 Å². The van der Waals surface area contributed by atoms with Crippen LogP contribution in [0.25, 0.3) is 0 Å². The van der Waals surface area contributed by atoms with Crippen molar-refractivity contribution in [2.45, 2.75) is 58.2 Å². The first-order valence-electron chi connectivity index (χ1n) is 11.5. The molecule has 1 fully saturated rings. The summed E-state index contributed by atoms with van der Waals surface area (Å²) in [6.07, 6.45) is 1.09. The van der Waals surface area contributed by atoms with E-state index in [1.807, 2.05) is 30.3 Å². The van der Waals surface area contributed by atoms with E-state index in [9.17, 15) is 14.4 Å². The molecule has 35 heavy (non-hydrogen) atoms. The molecule has 9 nitrogen and oxygen atoms in total. The molecular formula is C26H32N4O5. The van der Waals surface area contributed by atoms with Gasteiger partial charge in [-0.05, 0) is 58.2 Å². The number of hydrogen-bond acceptors (Lipinski definition) is 6. The highest BCUT2D eigenvalue weighted by molar-refractivity contribution is 6.00. The zero-order chi connectivity index (χ0) is 25.6. The molecule has 9 heteroatoms. The van der Waals surface area contributed by atoms with Crippen LogP contribution in [0, 0.1) is 0 Å². The highest BCUT2D eigenvalue weighted by atomic mass is 16.6. The molecule has 1 aliphatic rings. The van der Waals surface area contributed by atoms with Crippen LogP contribution in [0.3, 0.4) is 0 Å². The fourth-order valence-electron chi connectivity index (χ4n) is 4.06. The molecule has 0 saturated carbocycles. The summed E-state index contributed by atoms with van der Waals surface area (Å²) in [5, 5.41) is 17.4. The van der Waals surface area contributed by atoms with E-state index >= 15 is 0 Å². The molecule has 2 aromatic carbocycles. The number of hydrogen-bond donors (Lipinski definition) is 3. The van der Waals surface area contributed by atoms with Crippen LogP contribution >= 0.6 is 0 Å². The highest BCUT2D eigenvalue weighted by Gasteiger charge is 2.43. The Balaban J connectivity index is 1.71. The van der Waals surface area contributed by atoms with Gasteiger partial charge in [0, 0.05) is 11.3 Å². The number of benzene rings is 2. The van der Waals surface area contributed by atoms with E-state index in [1.165, 1.54) is 4.90 Å². The second-order valence-corrected chi connectivity index (χ2v) is 9.43. The van der Waals surface area contributed by atoms with Gasteiger partial charge in [-0.2, -0.15) is 0 Å². The number of esters is 1. The monoisotopic (exact) mass is 480 g/mol. The van der Waals surface area contributed by atoms with Gasteiger partial charge < -0.3 is 25.5 Å². The lowest BCUT2D eigenvalue weighted by Crippen LogP contribution is -2.48. The third kappa shape index (κ3) is 6.81. The number of rotatable bonds is 6. The minimum Gasteiger partial charge on any atom is -0.458 e. The number of amides is 3. The number of urea groups is 1. The summed E-state index contributed by atoms with van der Waals surface area (Å²) in [5.41, 5.74) is 1.77. The summed E-state index contributed by atoms with van der Waals surface area (Å²) in [6.45, 7) is 6.71. The molecule has 1 aliphatic heterocycles. The maximum atomic E-state index is 13.3. The Labute approximate surface area is 205 Å². The summed E-state index contributed by atoms with van der Waals surface area (Å²) in [6, 6.07) is 14.7. The van der Waals surface area contributed by atoms with Gasteiger partial charge in [0.2, 0.25) is 5.91 Å². The van der Waals surface area contributed by atoms with Crippen molar-refractivity contribution in [3.8, 4) is 0 Å². The third-order valence-electron chi connectivity index (χ3n) is 5.62. The van der Waals surface area contributed by atoms with Gasteiger partial charge in [-0.15, -0.1) is 0 Å². The Morgan fingerprint density at radius 2 is 1.80 bits per heavy atom. The zero-order valence-corrected chi connectivity index (χ0v) is 20.4. The van der Waals surface area contributed by atoms with Gasteiger partial charge >= 0.3 is 12.0 Å². The third-order valence-corrected chi connectivity index (χ3v) is 5.62. The van der Waals surface area contributed by atoms with Gasteiger partial charge in [0.15, 0.2) is 0 Å². The molecule has 1 heterocycles. The van der Waals surface area contributed by atoms with Crippen molar-refractivity contribution in [1.82, 2.24) is 10.2 Å². The van der Waals surface area contributed by atoms with Crippen molar-refractivity contribution in [3.05, 3.63) is 65.7 Å². The van der Waals surface area contributed by atoms with Crippen LogP contribution < -0.4 is 10.6 Å². The quantitative estimate of drug-likeness (QED) is 0.249. The smallest absolute Gasteiger partial charge is 0.329 e. The molecule has 0 spiro atoms. The minimum absolute atomic E-state index is 0.286. The second kappa shape index (κ2) is 11.0. The molecular weight excluding hydrogens is 448 g/mol. The Hall–Kier alpha value is -3.88. The molecule has 0 aliphatic carbocycles. The van der Waals surface area contributed by atoms with E-state index in [0.29, 0.717) is 29.8 Å². The Kier molecular flexibility index (Phi) is 8.11. The van der Waals surface area contributed by atoms with Crippen LogP contribution in [0.15, 0.2) is 59.8 Å². The van der Waals surface area contributed by atoms with E-state index in [-0.39, 0.29) is 18.5 Å². The van der Waals surface area contributed by atoms with E-state index < -0.39 is 23.6 Å². The van der Waals surface area contributed by atoms with E-state index in [2.05, 4.69) is 15.8 Å². The number of nitrogens with zero attached hydrogens (tertiary/aromatic N) is 2. The molecule has 186 valence electrons. The van der Waals surface area contributed by atoms with Crippen LogP contribution in [0.1, 0.15) is 57.7 Å². The predicted molar refractivity (Wildman–Crippen MR) is 132 cm³/mol. The fourth-order valence-corrected chi connectivity index (χ4v) is 4.06. The highest BCUT2D eigenvalue weighted by Crippen LogP contribution is 2.37. The first-order valence-corrected chi connectivity index (χ1v) is 11.5. The number of carbonyl (C=O) groups excluding carboxylic acids is 3. The molecule has 2 atom stereocenters. The minimum atomic E-state index is -0.728. The molecule has 0 aromatic heterocycles. The SMILES string of the molecule is C/C(=N/O)c1cccc(NC(=O)NCC(=O)N2C(C(=O)OC(C)(C)C)CCC2c2ccccc2)c1. The summed E-state index contributed by atoms with van der Waals surface area (Å²) < 4.78 is 5.57. The average molecular weight is 481 g/mol. The lowest BCUT2D eigenvalue weighted by Gasteiger charge is -2.31. The predicted octanol–water partition coefficient (Wildman–Crippen LogP) is 4.08. The molecule has 0 radical (unpaired) electrons. The largest absolute Gasteiger partial charge is 0.458 e. The Morgan fingerprint density at radius 3 is 2.46 bits per heavy atom. The summed E-state index contributed by atoms with van der Waals surface area (Å²) in [5.74, 6) is -0.828. The summed E-state index contributed by atoms with van der Waals surface area (Å²) in [4.78, 5) is 40.2. The molecule has 3 rings (SSSR count). The standard InChI is InChI=1S/C26H32N4O5/c1-17(29-34)19-11-8-12-20(15-19)28-25(33)27-16-23(31)30-21(18-9-6-5-7-10-18)13-14-22(30)24(32)35-26(2,3)4/h5-12,15,21-22,34H,13-14,16H2,1-4H3,(H2,27,28,33)/b29-17-. The molecule has 3 N–H and O–H groups in total. The van der Waals surface area contributed by atoms with Crippen LogP contribution in [-0.2, 0) is 14.3 Å². The van der Waals surface area contributed by atoms with Crippen molar-refractivity contribution >= 4 is 29.3 Å². The van der Waals surface area contributed by atoms with Gasteiger partial charge in [-0.1, -0.05) is 47.6 Å². The van der Waals surface area contributed by atoms with Gasteiger partial charge in [-0.3, -0.25) is 4.79 Å². The number of anilines is 1. The van der Waals surface area contributed by atoms with E-state index in [1.54, 1.807) is 52.0 Å². The number of likely N-dealkylation sites (tertiary alicyclic amines) is 1. The maximum Gasteiger partial charge on any atom is 0.329 e. The lowest BCUT2D eigenvalue weighted by atomic mass is 10.0. The number of carbonyl (C=O) groups is 3. The van der Waals surface area contributed by atoms with E-state index in [0.717, 1.165) is 5.56 Å². The van der Waals surface area contributed by atoms with Gasteiger partial charge in [-0.25, -0.2) is 9.59 Å². The number of nitrogens with one attached hydrogen (secondary N) is 2. The van der Waals surface area contributed by atoms with Crippen molar-refractivity contribution < 1.29 is 24.3 Å². The second-order valence-electron chi connectivity index (χ2n) is 9.43. The topological polar surface area (TPSA) is 120 Å². The Morgan fingerprint density at radius 1 is 1.09 bits per heavy atom. The average Bonchev–Trinajstić information content (AvgIpc) is 3.27. The summed E-state index contributed by atoms with van der Waals surface area (Å²) >= 11 is 0. The molecule has 3 amide bonds. The van der Waals surface area contributed by atoms with Crippen molar-refractivity contribution in [2.24, 2.45) is 5.16 Å². The van der Waals surface area contributed by atoms with Gasteiger partial charge in [0.25, 0.3) is 0 Å².